The molecule has 0 saturated heterocycles. The van der Waals surface area contributed by atoms with Crippen LogP contribution in [0, 0.1) is 25.2 Å². The van der Waals surface area contributed by atoms with Crippen molar-refractivity contribution in [3.8, 4) is 11.8 Å². The summed E-state index contributed by atoms with van der Waals surface area (Å²) in [7, 11) is 0. The minimum Gasteiger partial charge on any atom is -0.310 e. The molecule has 0 unspecified atom stereocenters. The Hall–Kier alpha value is -3.05. The first-order valence-electron chi connectivity index (χ1n) is 8.94. The maximum absolute atomic E-state index is 12.6. The van der Waals surface area contributed by atoms with Gasteiger partial charge in [0, 0.05) is 17.3 Å². The molecule has 2 heterocycles. The number of thioether (sulfide) groups is 1. The zero-order valence-corrected chi connectivity index (χ0v) is 17.1. The number of aromatic amines is 1. The molecule has 0 aliphatic heterocycles. The second-order valence-corrected chi connectivity index (χ2v) is 7.65. The van der Waals surface area contributed by atoms with Crippen LogP contribution in [0.2, 0.25) is 0 Å². The Balaban J connectivity index is 1.82. The Labute approximate surface area is 168 Å². The summed E-state index contributed by atoms with van der Waals surface area (Å²) in [4.78, 5) is 16.9. The van der Waals surface area contributed by atoms with Gasteiger partial charge in [-0.15, -0.1) is 5.10 Å². The Morgan fingerprint density at radius 1 is 1.32 bits per heavy atom. The lowest BCUT2D eigenvalue weighted by Gasteiger charge is -2.13. The Morgan fingerprint density at radius 3 is 2.64 bits per heavy atom. The number of para-hydroxylation sites is 1. The fourth-order valence-electron chi connectivity index (χ4n) is 2.84. The number of hydrogen-bond donors (Lipinski definition) is 2. The van der Waals surface area contributed by atoms with Gasteiger partial charge in [-0.05, 0) is 31.5 Å². The lowest BCUT2D eigenvalue weighted by atomic mass is 10.2. The van der Waals surface area contributed by atoms with Crippen LogP contribution in [-0.4, -0.2) is 31.4 Å². The Morgan fingerprint density at radius 2 is 2.04 bits per heavy atom. The molecular weight excluding hydrogens is 372 g/mol. The van der Waals surface area contributed by atoms with Gasteiger partial charge in [-0.1, -0.05) is 43.8 Å². The summed E-state index contributed by atoms with van der Waals surface area (Å²) in [6, 6.07) is 11.9. The molecular formula is C20H22N6OS. The zero-order valence-electron chi connectivity index (χ0n) is 16.3. The van der Waals surface area contributed by atoms with E-state index in [0.29, 0.717) is 16.5 Å². The standard InChI is InChI=1S/C20H22N6OS/c1-12(2)18-23-20(25-24-18)28-11-17(27)22-19-16(10-21)13(3)14(4)26(19)15-8-6-5-7-9-15/h5-9,12H,11H2,1-4H3,(H,22,27)(H,23,24,25). The van der Waals surface area contributed by atoms with Crippen LogP contribution in [0.1, 0.15) is 42.4 Å². The summed E-state index contributed by atoms with van der Waals surface area (Å²) in [5, 5.41) is 20.1. The second kappa shape index (κ2) is 8.31. The number of carbonyl (C=O) groups is 1. The van der Waals surface area contributed by atoms with Crippen molar-refractivity contribution < 1.29 is 4.79 Å². The monoisotopic (exact) mass is 394 g/mol. The van der Waals surface area contributed by atoms with Gasteiger partial charge in [0.05, 0.1) is 11.3 Å². The maximum atomic E-state index is 12.6. The average molecular weight is 395 g/mol. The minimum absolute atomic E-state index is 0.151. The van der Waals surface area contributed by atoms with E-state index in [9.17, 15) is 10.1 Å². The highest BCUT2D eigenvalue weighted by atomic mass is 32.2. The van der Waals surface area contributed by atoms with Gasteiger partial charge in [-0.3, -0.25) is 14.5 Å². The van der Waals surface area contributed by atoms with E-state index in [4.69, 9.17) is 0 Å². The molecule has 0 aliphatic rings. The number of benzene rings is 1. The minimum atomic E-state index is -0.216. The van der Waals surface area contributed by atoms with Gasteiger partial charge in [-0.2, -0.15) is 5.26 Å². The number of aromatic nitrogens is 4. The molecule has 0 saturated carbocycles. The fourth-order valence-corrected chi connectivity index (χ4v) is 3.45. The van der Waals surface area contributed by atoms with E-state index in [0.717, 1.165) is 22.8 Å². The van der Waals surface area contributed by atoms with Gasteiger partial charge in [0.15, 0.2) is 0 Å². The molecule has 1 amide bonds. The highest BCUT2D eigenvalue weighted by molar-refractivity contribution is 7.99. The third-order valence-corrected chi connectivity index (χ3v) is 5.31. The summed E-state index contributed by atoms with van der Waals surface area (Å²) < 4.78 is 1.90. The quantitative estimate of drug-likeness (QED) is 0.617. The van der Waals surface area contributed by atoms with Gasteiger partial charge in [0.25, 0.3) is 0 Å². The predicted molar refractivity (Wildman–Crippen MR) is 110 cm³/mol. The summed E-state index contributed by atoms with van der Waals surface area (Å²) in [5.41, 5.74) is 3.13. The zero-order chi connectivity index (χ0) is 20.3. The predicted octanol–water partition coefficient (Wildman–Crippen LogP) is 3.94. The van der Waals surface area contributed by atoms with Crippen LogP contribution in [0.15, 0.2) is 35.5 Å². The van der Waals surface area contributed by atoms with Crippen LogP contribution in [0.4, 0.5) is 5.82 Å². The molecule has 8 heteroatoms. The van der Waals surface area contributed by atoms with E-state index in [2.05, 4.69) is 26.6 Å². The first-order chi connectivity index (χ1) is 13.4. The smallest absolute Gasteiger partial charge is 0.236 e. The van der Waals surface area contributed by atoms with Gasteiger partial charge in [-0.25, -0.2) is 4.98 Å². The molecule has 0 atom stereocenters. The van der Waals surface area contributed by atoms with Crippen LogP contribution >= 0.6 is 11.8 Å². The van der Waals surface area contributed by atoms with E-state index in [1.807, 2.05) is 62.6 Å². The van der Waals surface area contributed by atoms with Crippen LogP contribution in [0.3, 0.4) is 0 Å². The molecule has 144 valence electrons. The number of nitrogens with zero attached hydrogens (tertiary/aromatic N) is 4. The molecule has 2 N–H and O–H groups in total. The lowest BCUT2D eigenvalue weighted by Crippen LogP contribution is -2.17. The number of nitriles is 1. The molecule has 3 aromatic rings. The maximum Gasteiger partial charge on any atom is 0.236 e. The third kappa shape index (κ3) is 3.94. The van der Waals surface area contributed by atoms with Crippen LogP contribution in [0.25, 0.3) is 5.69 Å². The van der Waals surface area contributed by atoms with E-state index in [1.165, 1.54) is 11.8 Å². The fraction of sp³-hybridized carbons (Fsp3) is 0.300. The topological polar surface area (TPSA) is 99.4 Å². The lowest BCUT2D eigenvalue weighted by molar-refractivity contribution is -0.113. The molecule has 1 aromatic carbocycles. The Bertz CT molecular complexity index is 1030. The number of nitrogens with one attached hydrogen (secondary N) is 2. The number of anilines is 1. The number of amides is 1. The van der Waals surface area contributed by atoms with Crippen molar-refractivity contribution in [1.82, 2.24) is 19.7 Å². The molecule has 2 aromatic heterocycles. The molecule has 7 nitrogen and oxygen atoms in total. The van der Waals surface area contributed by atoms with Crippen molar-refractivity contribution in [3.63, 3.8) is 0 Å². The SMILES string of the molecule is Cc1c(C#N)c(NC(=O)CSc2n[nH]c(C(C)C)n2)n(-c2ccccc2)c1C. The number of hydrogen-bond acceptors (Lipinski definition) is 5. The van der Waals surface area contributed by atoms with Crippen molar-refractivity contribution in [2.75, 3.05) is 11.1 Å². The van der Waals surface area contributed by atoms with Gasteiger partial charge < -0.3 is 5.32 Å². The average Bonchev–Trinajstić information content (AvgIpc) is 3.25. The van der Waals surface area contributed by atoms with Gasteiger partial charge >= 0.3 is 0 Å². The summed E-state index contributed by atoms with van der Waals surface area (Å²) >= 11 is 1.25. The molecule has 0 fully saturated rings. The van der Waals surface area contributed by atoms with Crippen molar-refractivity contribution in [2.45, 2.75) is 38.8 Å². The highest BCUT2D eigenvalue weighted by Crippen LogP contribution is 2.30. The van der Waals surface area contributed by atoms with Crippen molar-refractivity contribution in [3.05, 3.63) is 53.0 Å². The van der Waals surface area contributed by atoms with E-state index in [-0.39, 0.29) is 17.6 Å². The van der Waals surface area contributed by atoms with Crippen LogP contribution in [-0.2, 0) is 4.79 Å². The van der Waals surface area contributed by atoms with E-state index in [1.54, 1.807) is 0 Å². The molecule has 28 heavy (non-hydrogen) atoms. The van der Waals surface area contributed by atoms with Crippen molar-refractivity contribution >= 4 is 23.5 Å². The first kappa shape index (κ1) is 19.7. The summed E-state index contributed by atoms with van der Waals surface area (Å²) in [6.07, 6.45) is 0. The van der Waals surface area contributed by atoms with Crippen molar-refractivity contribution in [2.24, 2.45) is 0 Å². The molecule has 0 aliphatic carbocycles. The summed E-state index contributed by atoms with van der Waals surface area (Å²) in [5.74, 6) is 1.46. The normalized spacial score (nSPS) is 10.9. The molecule has 0 bridgehead atoms. The Kier molecular flexibility index (Phi) is 5.85. The largest absolute Gasteiger partial charge is 0.310 e. The molecule has 0 spiro atoms. The van der Waals surface area contributed by atoms with Crippen LogP contribution < -0.4 is 5.32 Å². The summed E-state index contributed by atoms with van der Waals surface area (Å²) in [6.45, 7) is 7.87. The van der Waals surface area contributed by atoms with E-state index >= 15 is 0 Å². The van der Waals surface area contributed by atoms with Gasteiger partial charge in [0.1, 0.15) is 17.7 Å². The molecule has 3 rings (SSSR count). The van der Waals surface area contributed by atoms with E-state index < -0.39 is 0 Å². The third-order valence-electron chi connectivity index (χ3n) is 4.46. The number of H-pyrrole nitrogens is 1. The molecule has 0 radical (unpaired) electrons. The van der Waals surface area contributed by atoms with Crippen molar-refractivity contribution in [1.29, 1.82) is 5.26 Å². The second-order valence-electron chi connectivity index (χ2n) is 6.71. The number of carbonyl (C=O) groups excluding carboxylic acids is 1. The highest BCUT2D eigenvalue weighted by Gasteiger charge is 2.21. The number of rotatable bonds is 6. The first-order valence-corrected chi connectivity index (χ1v) is 9.93. The van der Waals surface area contributed by atoms with Crippen LogP contribution in [0.5, 0.6) is 0 Å². The van der Waals surface area contributed by atoms with Gasteiger partial charge in [0.2, 0.25) is 11.1 Å².